The Morgan fingerprint density at radius 2 is 1.49 bits per heavy atom. The van der Waals surface area contributed by atoms with Crippen molar-refractivity contribution in [3.05, 3.63) is 102 Å². The van der Waals surface area contributed by atoms with Crippen molar-refractivity contribution in [2.75, 3.05) is 0 Å². The van der Waals surface area contributed by atoms with E-state index in [0.717, 1.165) is 0 Å². The summed E-state index contributed by atoms with van der Waals surface area (Å²) in [6, 6.07) is 29.6. The van der Waals surface area contributed by atoms with Crippen LogP contribution in [0, 0.1) is 20.8 Å². The zero-order valence-corrected chi connectivity index (χ0v) is 24.0. The monoisotopic (exact) mass is 499 g/mol. The Balaban J connectivity index is 1.65. The van der Waals surface area contributed by atoms with Crippen LogP contribution >= 0.6 is 0 Å². The minimum Gasteiger partial charge on any atom is -0.309 e. The number of aromatic nitrogens is 2. The number of hydrogen-bond donors (Lipinski definition) is 0. The number of aryl methyl sites for hydroxylation is 3. The molecule has 37 heavy (non-hydrogen) atoms. The molecule has 2 nitrogen and oxygen atoms in total. The quantitative estimate of drug-likeness (QED) is 0.173. The summed E-state index contributed by atoms with van der Waals surface area (Å²) in [5, 5.41) is 6.84. The van der Waals surface area contributed by atoms with Gasteiger partial charge in [-0.15, -0.1) is 0 Å². The van der Waals surface area contributed by atoms with Gasteiger partial charge in [-0.2, -0.15) is 0 Å². The summed E-state index contributed by atoms with van der Waals surface area (Å²) < 4.78 is 4.73. The van der Waals surface area contributed by atoms with Gasteiger partial charge >= 0.3 is 0 Å². The van der Waals surface area contributed by atoms with Gasteiger partial charge in [-0.3, -0.25) is 0 Å². The van der Waals surface area contributed by atoms with E-state index in [0.29, 0.717) is 0 Å². The molecule has 0 aliphatic carbocycles. The molecule has 0 fully saturated rings. The highest BCUT2D eigenvalue weighted by Gasteiger charge is 2.24. The number of rotatable bonds is 3. The summed E-state index contributed by atoms with van der Waals surface area (Å²) in [6.07, 6.45) is 2.20. The van der Waals surface area contributed by atoms with Gasteiger partial charge in [-0.05, 0) is 73.7 Å². The highest BCUT2D eigenvalue weighted by Crippen LogP contribution is 2.35. The fraction of sp³-hybridized carbons (Fsp3) is 0.206. The van der Waals surface area contributed by atoms with Crippen molar-refractivity contribution in [3.8, 4) is 16.9 Å². The molecule has 4 aromatic carbocycles. The van der Waals surface area contributed by atoms with Gasteiger partial charge in [0.25, 0.3) is 0 Å². The molecule has 0 N–H and O–H groups in total. The van der Waals surface area contributed by atoms with Gasteiger partial charge in [0.1, 0.15) is 7.05 Å². The molecule has 0 spiro atoms. The van der Waals surface area contributed by atoms with Crippen molar-refractivity contribution < 1.29 is 4.57 Å². The normalized spacial score (nSPS) is 12.2. The van der Waals surface area contributed by atoms with E-state index in [1.54, 1.807) is 0 Å². The number of pyridine rings is 1. The van der Waals surface area contributed by atoms with E-state index >= 15 is 0 Å². The van der Waals surface area contributed by atoms with Crippen LogP contribution in [0.1, 0.15) is 16.7 Å². The second-order valence-corrected chi connectivity index (χ2v) is 16.6. The highest BCUT2D eigenvalue weighted by molar-refractivity contribution is 6.90. The van der Waals surface area contributed by atoms with Gasteiger partial charge in [-0.25, -0.2) is 4.57 Å². The van der Waals surface area contributed by atoms with Gasteiger partial charge in [-0.1, -0.05) is 66.8 Å². The van der Waals surface area contributed by atoms with Gasteiger partial charge in [0.05, 0.1) is 30.1 Å². The smallest absolute Gasteiger partial charge is 0.220 e. The van der Waals surface area contributed by atoms with E-state index in [-0.39, 0.29) is 0 Å². The van der Waals surface area contributed by atoms with Crippen molar-refractivity contribution in [3.63, 3.8) is 0 Å². The Kier molecular flexibility index (Phi) is 5.39. The predicted molar refractivity (Wildman–Crippen MR) is 162 cm³/mol. The summed E-state index contributed by atoms with van der Waals surface area (Å²) in [5.41, 5.74) is 10.4. The molecule has 6 aromatic rings. The van der Waals surface area contributed by atoms with Crippen LogP contribution in [0.2, 0.25) is 19.6 Å². The maximum Gasteiger partial charge on any atom is 0.220 e. The number of benzene rings is 4. The van der Waals surface area contributed by atoms with Crippen molar-refractivity contribution in [2.45, 2.75) is 40.4 Å². The van der Waals surface area contributed by atoms with Crippen LogP contribution in [-0.2, 0) is 7.05 Å². The molecule has 6 rings (SSSR count). The van der Waals surface area contributed by atoms with E-state index in [2.05, 4.69) is 142 Å². The van der Waals surface area contributed by atoms with E-state index in [1.807, 2.05) is 0 Å². The Morgan fingerprint density at radius 3 is 2.27 bits per heavy atom. The Bertz CT molecular complexity index is 1850. The molecule has 0 saturated heterocycles. The maximum atomic E-state index is 2.46. The van der Waals surface area contributed by atoms with Gasteiger partial charge in [0.15, 0.2) is 6.20 Å². The number of hydrogen-bond acceptors (Lipinski definition) is 0. The molecular weight excluding hydrogens is 464 g/mol. The first-order chi connectivity index (χ1) is 17.6. The molecule has 184 valence electrons. The standard InChI is InChI=1S/C34H35N2Si/c1-22-19-23(2)24(3)29(20-22)34-27-16-15-26(21-25(27)17-18-35(34)4)36-30-12-9-8-11-28(30)33-31(36)13-10-14-32(33)37(5,6)7/h8-21H,1-7H3/q+1. The average molecular weight is 500 g/mol. The molecule has 0 unspecified atom stereocenters. The van der Waals surface area contributed by atoms with Crippen molar-refractivity contribution >= 4 is 45.8 Å². The van der Waals surface area contributed by atoms with Crippen molar-refractivity contribution in [2.24, 2.45) is 7.05 Å². The fourth-order valence-electron chi connectivity index (χ4n) is 6.04. The van der Waals surface area contributed by atoms with Crippen LogP contribution in [-0.4, -0.2) is 12.6 Å². The predicted octanol–water partition coefficient (Wildman–Crippen LogP) is 7.90. The summed E-state index contributed by atoms with van der Waals surface area (Å²) >= 11 is 0. The Morgan fingerprint density at radius 1 is 0.730 bits per heavy atom. The SMILES string of the molecule is Cc1cc(C)c(C)c(-c2c3ccc(-n4c5ccccc5c5c([Si](C)(C)C)cccc54)cc3cc[n+]2C)c1. The van der Waals surface area contributed by atoms with Gasteiger partial charge in [0, 0.05) is 22.5 Å². The minimum atomic E-state index is -1.53. The zero-order chi connectivity index (χ0) is 26.1. The second-order valence-electron chi connectivity index (χ2n) is 11.6. The Labute approximate surface area is 220 Å². The third kappa shape index (κ3) is 3.72. The number of nitrogens with zero attached hydrogens (tertiary/aromatic N) is 2. The number of fused-ring (bicyclic) bond motifs is 4. The van der Waals surface area contributed by atoms with Crippen LogP contribution in [0.25, 0.3) is 49.5 Å². The lowest BCUT2D eigenvalue weighted by atomic mass is 9.94. The summed E-state index contributed by atoms with van der Waals surface area (Å²) in [7, 11) is 0.629. The van der Waals surface area contributed by atoms with Crippen LogP contribution in [0.4, 0.5) is 0 Å². The molecular formula is C34H35N2Si+. The lowest BCUT2D eigenvalue weighted by Crippen LogP contribution is -2.37. The van der Waals surface area contributed by atoms with Crippen LogP contribution in [0.15, 0.2) is 85.1 Å². The molecule has 0 saturated carbocycles. The maximum absolute atomic E-state index is 2.46. The van der Waals surface area contributed by atoms with Crippen LogP contribution in [0.3, 0.4) is 0 Å². The van der Waals surface area contributed by atoms with E-state index in [4.69, 9.17) is 0 Å². The lowest BCUT2D eigenvalue weighted by Gasteiger charge is -2.18. The first-order valence-corrected chi connectivity index (χ1v) is 16.7. The molecule has 0 amide bonds. The second kappa shape index (κ2) is 8.42. The summed E-state index contributed by atoms with van der Waals surface area (Å²) in [4.78, 5) is 0. The summed E-state index contributed by atoms with van der Waals surface area (Å²) in [6.45, 7) is 14.0. The molecule has 3 heteroatoms. The minimum absolute atomic E-state index is 1.21. The average Bonchev–Trinajstić information content (AvgIpc) is 3.20. The van der Waals surface area contributed by atoms with Crippen molar-refractivity contribution in [1.29, 1.82) is 0 Å². The Hall–Kier alpha value is -3.69. The number of para-hydroxylation sites is 1. The van der Waals surface area contributed by atoms with Gasteiger partial charge in [0.2, 0.25) is 5.69 Å². The van der Waals surface area contributed by atoms with E-state index < -0.39 is 8.07 Å². The van der Waals surface area contributed by atoms with Gasteiger partial charge < -0.3 is 4.57 Å². The molecule has 2 heterocycles. The third-order valence-electron chi connectivity index (χ3n) is 7.95. The zero-order valence-electron chi connectivity index (χ0n) is 23.0. The highest BCUT2D eigenvalue weighted by atomic mass is 28.3. The molecule has 0 bridgehead atoms. The van der Waals surface area contributed by atoms with E-state index in [9.17, 15) is 0 Å². The third-order valence-corrected chi connectivity index (χ3v) is 9.98. The fourth-order valence-corrected chi connectivity index (χ4v) is 7.65. The van der Waals surface area contributed by atoms with Crippen LogP contribution in [0.5, 0.6) is 0 Å². The molecule has 0 aliphatic heterocycles. The molecule has 0 atom stereocenters. The van der Waals surface area contributed by atoms with E-state index in [1.165, 1.54) is 71.4 Å². The van der Waals surface area contributed by atoms with Crippen LogP contribution < -0.4 is 9.75 Å². The van der Waals surface area contributed by atoms with Crippen molar-refractivity contribution in [1.82, 2.24) is 4.57 Å². The first kappa shape index (κ1) is 23.7. The molecule has 2 aromatic heterocycles. The lowest BCUT2D eigenvalue weighted by molar-refractivity contribution is -0.659. The molecule has 0 radical (unpaired) electrons. The molecule has 0 aliphatic rings. The topological polar surface area (TPSA) is 8.81 Å². The summed E-state index contributed by atoms with van der Waals surface area (Å²) in [5.74, 6) is 0. The first-order valence-electron chi connectivity index (χ1n) is 13.2. The largest absolute Gasteiger partial charge is 0.309 e.